The predicted molar refractivity (Wildman–Crippen MR) is 88.1 cm³/mol. The Kier molecular flexibility index (Phi) is 4.96. The molecule has 0 radical (unpaired) electrons. The molecule has 130 valence electrons. The quantitative estimate of drug-likeness (QED) is 0.860. The zero-order chi connectivity index (χ0) is 17.9. The summed E-state index contributed by atoms with van der Waals surface area (Å²) in [7, 11) is 0. The van der Waals surface area contributed by atoms with Gasteiger partial charge >= 0.3 is 17.8 Å². The molecule has 0 bridgehead atoms. The molecule has 0 aliphatic rings. The number of para-hydroxylation sites is 2. The standard InChI is InChI=1S/C16H21N3O5/c1-16(2,3)24-14(22)17-8-9-18-11-6-4-5-7-12(11)19(15(18)23)10-13(20)21/h4-7H,8-10H2,1-3H3,(H,17,22)(H,20,21). The molecule has 0 aliphatic carbocycles. The SMILES string of the molecule is CC(C)(C)OC(=O)NCCn1c(=O)n(CC(=O)O)c2ccccc21. The Hall–Kier alpha value is -2.77. The van der Waals surface area contributed by atoms with Crippen molar-refractivity contribution in [2.45, 2.75) is 39.5 Å². The molecule has 0 unspecified atom stereocenters. The third-order valence-corrected chi connectivity index (χ3v) is 3.22. The van der Waals surface area contributed by atoms with Crippen LogP contribution < -0.4 is 11.0 Å². The number of amides is 1. The highest BCUT2D eigenvalue weighted by atomic mass is 16.6. The lowest BCUT2D eigenvalue weighted by Gasteiger charge is -2.19. The van der Waals surface area contributed by atoms with Crippen molar-refractivity contribution >= 4 is 23.1 Å². The molecular weight excluding hydrogens is 314 g/mol. The van der Waals surface area contributed by atoms with Crippen LogP contribution in [0.5, 0.6) is 0 Å². The minimum atomic E-state index is -1.09. The van der Waals surface area contributed by atoms with Crippen molar-refractivity contribution in [1.29, 1.82) is 0 Å². The van der Waals surface area contributed by atoms with Gasteiger partial charge in [0.2, 0.25) is 0 Å². The Morgan fingerprint density at radius 3 is 2.29 bits per heavy atom. The average molecular weight is 335 g/mol. The molecule has 2 aromatic rings. The number of nitrogens with zero attached hydrogens (tertiary/aromatic N) is 2. The van der Waals surface area contributed by atoms with E-state index in [1.54, 1.807) is 45.0 Å². The average Bonchev–Trinajstić information content (AvgIpc) is 2.71. The van der Waals surface area contributed by atoms with E-state index in [9.17, 15) is 14.4 Å². The van der Waals surface area contributed by atoms with Crippen LogP contribution in [0.4, 0.5) is 4.79 Å². The summed E-state index contributed by atoms with van der Waals surface area (Å²) in [4.78, 5) is 35.1. The van der Waals surface area contributed by atoms with Crippen LogP contribution in [-0.2, 0) is 22.6 Å². The number of hydrogen-bond acceptors (Lipinski definition) is 4. The smallest absolute Gasteiger partial charge is 0.407 e. The molecule has 8 heteroatoms. The first-order valence-corrected chi connectivity index (χ1v) is 7.56. The summed E-state index contributed by atoms with van der Waals surface area (Å²) in [6.45, 7) is 5.27. The van der Waals surface area contributed by atoms with Gasteiger partial charge in [-0.15, -0.1) is 0 Å². The number of rotatable bonds is 5. The van der Waals surface area contributed by atoms with E-state index in [-0.39, 0.29) is 13.1 Å². The van der Waals surface area contributed by atoms with Crippen LogP contribution in [-0.4, -0.2) is 38.4 Å². The topological polar surface area (TPSA) is 103 Å². The number of fused-ring (bicyclic) bond motifs is 1. The number of hydrogen-bond donors (Lipinski definition) is 2. The van der Waals surface area contributed by atoms with Crippen molar-refractivity contribution in [2.24, 2.45) is 0 Å². The number of carbonyl (C=O) groups is 2. The van der Waals surface area contributed by atoms with E-state index in [1.807, 2.05) is 0 Å². The number of alkyl carbamates (subject to hydrolysis) is 1. The molecule has 1 aromatic heterocycles. The highest BCUT2D eigenvalue weighted by Crippen LogP contribution is 2.12. The van der Waals surface area contributed by atoms with E-state index in [0.717, 1.165) is 0 Å². The van der Waals surface area contributed by atoms with Crippen molar-refractivity contribution in [3.8, 4) is 0 Å². The molecule has 2 rings (SSSR count). The first-order valence-electron chi connectivity index (χ1n) is 7.56. The fourth-order valence-corrected chi connectivity index (χ4v) is 2.36. The second-order valence-electron chi connectivity index (χ2n) is 6.33. The number of benzene rings is 1. The van der Waals surface area contributed by atoms with Crippen LogP contribution in [0.1, 0.15) is 20.8 Å². The van der Waals surface area contributed by atoms with Gasteiger partial charge in [-0.1, -0.05) is 12.1 Å². The van der Waals surface area contributed by atoms with Gasteiger partial charge in [-0.05, 0) is 32.9 Å². The van der Waals surface area contributed by atoms with Crippen molar-refractivity contribution in [1.82, 2.24) is 14.5 Å². The first-order chi connectivity index (χ1) is 11.2. The zero-order valence-corrected chi connectivity index (χ0v) is 13.9. The number of nitrogens with one attached hydrogen (secondary N) is 1. The van der Waals surface area contributed by atoms with Crippen LogP contribution in [0.2, 0.25) is 0 Å². The molecule has 0 aliphatic heterocycles. The molecule has 0 fully saturated rings. The fourth-order valence-electron chi connectivity index (χ4n) is 2.36. The Morgan fingerprint density at radius 1 is 1.17 bits per heavy atom. The Balaban J connectivity index is 2.18. The van der Waals surface area contributed by atoms with Gasteiger partial charge in [-0.2, -0.15) is 0 Å². The maximum atomic E-state index is 12.4. The molecule has 0 spiro atoms. The molecule has 0 saturated heterocycles. The maximum absolute atomic E-state index is 12.4. The number of ether oxygens (including phenoxy) is 1. The second-order valence-corrected chi connectivity index (χ2v) is 6.33. The van der Waals surface area contributed by atoms with E-state index in [2.05, 4.69) is 5.32 Å². The number of carbonyl (C=O) groups excluding carboxylic acids is 1. The summed E-state index contributed by atoms with van der Waals surface area (Å²) < 4.78 is 7.77. The van der Waals surface area contributed by atoms with Gasteiger partial charge in [0.1, 0.15) is 12.1 Å². The minimum absolute atomic E-state index is 0.190. The summed E-state index contributed by atoms with van der Waals surface area (Å²) >= 11 is 0. The highest BCUT2D eigenvalue weighted by Gasteiger charge is 2.17. The van der Waals surface area contributed by atoms with Gasteiger partial charge in [-0.3, -0.25) is 13.9 Å². The normalized spacial score (nSPS) is 11.5. The zero-order valence-electron chi connectivity index (χ0n) is 13.9. The number of aromatic nitrogens is 2. The van der Waals surface area contributed by atoms with E-state index in [0.29, 0.717) is 11.0 Å². The maximum Gasteiger partial charge on any atom is 0.407 e. The molecule has 1 heterocycles. The largest absolute Gasteiger partial charge is 0.480 e. The molecule has 0 atom stereocenters. The highest BCUT2D eigenvalue weighted by molar-refractivity contribution is 5.78. The summed E-state index contributed by atoms with van der Waals surface area (Å²) in [5, 5.41) is 11.6. The molecular formula is C16H21N3O5. The third kappa shape index (κ3) is 4.15. The van der Waals surface area contributed by atoms with Crippen LogP contribution in [0.3, 0.4) is 0 Å². The summed E-state index contributed by atoms with van der Waals surface area (Å²) in [6.07, 6.45) is -0.565. The molecule has 1 amide bonds. The third-order valence-electron chi connectivity index (χ3n) is 3.22. The van der Waals surface area contributed by atoms with E-state index in [4.69, 9.17) is 9.84 Å². The number of aliphatic carboxylic acids is 1. The number of imidazole rings is 1. The van der Waals surface area contributed by atoms with Crippen molar-refractivity contribution in [2.75, 3.05) is 6.54 Å². The lowest BCUT2D eigenvalue weighted by molar-refractivity contribution is -0.137. The lowest BCUT2D eigenvalue weighted by Crippen LogP contribution is -2.36. The van der Waals surface area contributed by atoms with Crippen LogP contribution in [0.25, 0.3) is 11.0 Å². The summed E-state index contributed by atoms with van der Waals surface area (Å²) in [5.74, 6) is -1.09. The Bertz CT molecular complexity index is 813. The Morgan fingerprint density at radius 2 is 1.75 bits per heavy atom. The molecule has 8 nitrogen and oxygen atoms in total. The molecule has 24 heavy (non-hydrogen) atoms. The van der Waals surface area contributed by atoms with E-state index < -0.39 is 29.9 Å². The van der Waals surface area contributed by atoms with Gasteiger partial charge in [0.25, 0.3) is 0 Å². The van der Waals surface area contributed by atoms with E-state index >= 15 is 0 Å². The second kappa shape index (κ2) is 6.77. The number of carboxylic acids is 1. The molecule has 0 saturated carbocycles. The van der Waals surface area contributed by atoms with Gasteiger partial charge in [0.05, 0.1) is 11.0 Å². The van der Waals surface area contributed by atoms with Crippen molar-refractivity contribution in [3.05, 3.63) is 34.7 Å². The van der Waals surface area contributed by atoms with Crippen LogP contribution >= 0.6 is 0 Å². The first kappa shape index (κ1) is 17.6. The van der Waals surface area contributed by atoms with Crippen LogP contribution in [0.15, 0.2) is 29.1 Å². The van der Waals surface area contributed by atoms with Crippen molar-refractivity contribution < 1.29 is 19.4 Å². The van der Waals surface area contributed by atoms with Gasteiger partial charge in [0.15, 0.2) is 0 Å². The molecule has 1 aromatic carbocycles. The monoisotopic (exact) mass is 335 g/mol. The predicted octanol–water partition coefficient (Wildman–Crippen LogP) is 1.41. The fraction of sp³-hybridized carbons (Fsp3) is 0.438. The van der Waals surface area contributed by atoms with Gasteiger partial charge in [-0.25, -0.2) is 9.59 Å². The van der Waals surface area contributed by atoms with Crippen molar-refractivity contribution in [3.63, 3.8) is 0 Å². The summed E-state index contributed by atoms with van der Waals surface area (Å²) in [6, 6.07) is 6.94. The van der Waals surface area contributed by atoms with E-state index in [1.165, 1.54) is 9.13 Å². The van der Waals surface area contributed by atoms with Gasteiger partial charge in [0, 0.05) is 13.1 Å². The lowest BCUT2D eigenvalue weighted by atomic mass is 10.2. The summed E-state index contributed by atoms with van der Waals surface area (Å²) in [5.41, 5.74) is 0.139. The van der Waals surface area contributed by atoms with Crippen LogP contribution in [0, 0.1) is 0 Å². The Labute approximate surface area is 138 Å². The number of carboxylic acid groups (broad SMARTS) is 1. The van der Waals surface area contributed by atoms with Gasteiger partial charge < -0.3 is 15.2 Å². The minimum Gasteiger partial charge on any atom is -0.480 e. The molecule has 2 N–H and O–H groups in total.